The van der Waals surface area contributed by atoms with Gasteiger partial charge in [0.15, 0.2) is 5.82 Å². The highest BCUT2D eigenvalue weighted by Crippen LogP contribution is 2.31. The number of anilines is 3. The summed E-state index contributed by atoms with van der Waals surface area (Å²) < 4.78 is 14.3. The molecule has 18 heavy (non-hydrogen) atoms. The molecule has 2 nitrogen and oxygen atoms in total. The molecule has 0 atom stereocenters. The summed E-state index contributed by atoms with van der Waals surface area (Å²) in [6.45, 7) is 0. The third kappa shape index (κ3) is 2.99. The van der Waals surface area contributed by atoms with Gasteiger partial charge in [-0.2, -0.15) is 0 Å². The maximum Gasteiger partial charge on any atom is 0.160 e. The Kier molecular flexibility index (Phi) is 4.19. The molecule has 0 bridgehead atoms. The zero-order chi connectivity index (χ0) is 13.3. The number of halogens is 4. The normalized spacial score (nSPS) is 10.4. The number of benzene rings is 2. The second-order valence-corrected chi connectivity index (χ2v) is 5.67. The van der Waals surface area contributed by atoms with Crippen LogP contribution in [-0.2, 0) is 0 Å². The van der Waals surface area contributed by atoms with Crippen LogP contribution in [0.3, 0.4) is 0 Å². The molecule has 6 heteroatoms. The van der Waals surface area contributed by atoms with E-state index < -0.39 is 5.82 Å². The molecular formula is C12H8Cl2FIN2. The fourth-order valence-corrected chi connectivity index (χ4v) is 2.43. The van der Waals surface area contributed by atoms with Crippen LogP contribution in [0, 0.1) is 9.39 Å². The molecule has 0 heterocycles. The van der Waals surface area contributed by atoms with Crippen molar-refractivity contribution in [1.82, 2.24) is 0 Å². The van der Waals surface area contributed by atoms with Gasteiger partial charge in [0.2, 0.25) is 0 Å². The van der Waals surface area contributed by atoms with Crippen molar-refractivity contribution in [2.24, 2.45) is 0 Å². The van der Waals surface area contributed by atoms with E-state index in [0.717, 1.165) is 3.57 Å². The summed E-state index contributed by atoms with van der Waals surface area (Å²) in [5.74, 6) is -0.625. The molecule has 0 saturated heterocycles. The minimum atomic E-state index is -0.625. The van der Waals surface area contributed by atoms with Crippen molar-refractivity contribution in [3.05, 3.63) is 49.8 Å². The first-order chi connectivity index (χ1) is 8.47. The lowest BCUT2D eigenvalue weighted by atomic mass is 10.2. The van der Waals surface area contributed by atoms with Crippen LogP contribution in [0.15, 0.2) is 30.3 Å². The highest BCUT2D eigenvalue weighted by Gasteiger charge is 2.08. The van der Waals surface area contributed by atoms with Crippen molar-refractivity contribution in [2.75, 3.05) is 11.1 Å². The fourth-order valence-electron chi connectivity index (χ4n) is 1.43. The molecule has 0 saturated carbocycles. The van der Waals surface area contributed by atoms with Gasteiger partial charge in [0, 0.05) is 9.26 Å². The van der Waals surface area contributed by atoms with Gasteiger partial charge in [-0.05, 0) is 52.9 Å². The van der Waals surface area contributed by atoms with Crippen molar-refractivity contribution in [2.45, 2.75) is 0 Å². The van der Waals surface area contributed by atoms with Crippen LogP contribution in [0.1, 0.15) is 0 Å². The Balaban J connectivity index is 2.34. The van der Waals surface area contributed by atoms with Crippen LogP contribution in [0.5, 0.6) is 0 Å². The molecule has 0 aliphatic carbocycles. The van der Waals surface area contributed by atoms with Gasteiger partial charge < -0.3 is 11.1 Å². The number of hydrogen-bond acceptors (Lipinski definition) is 2. The van der Waals surface area contributed by atoms with Gasteiger partial charge in [0.05, 0.1) is 21.4 Å². The monoisotopic (exact) mass is 396 g/mol. The minimum absolute atomic E-state index is 0.0333. The van der Waals surface area contributed by atoms with Gasteiger partial charge in [0.25, 0.3) is 0 Å². The molecule has 0 radical (unpaired) electrons. The van der Waals surface area contributed by atoms with E-state index >= 15 is 0 Å². The van der Waals surface area contributed by atoms with Gasteiger partial charge in [-0.15, -0.1) is 0 Å². The Morgan fingerprint density at radius 3 is 2.28 bits per heavy atom. The Bertz CT molecular complexity index is 582. The summed E-state index contributed by atoms with van der Waals surface area (Å²) >= 11 is 13.6. The van der Waals surface area contributed by atoms with Gasteiger partial charge in [0.1, 0.15) is 0 Å². The lowest BCUT2D eigenvalue weighted by molar-refractivity contribution is 0.629. The number of rotatable bonds is 2. The van der Waals surface area contributed by atoms with Crippen LogP contribution < -0.4 is 11.1 Å². The van der Waals surface area contributed by atoms with E-state index in [4.69, 9.17) is 28.9 Å². The SMILES string of the molecule is Nc1cc(I)ccc1Nc1cc(Cl)c(F)c(Cl)c1. The molecule has 0 spiro atoms. The molecule has 0 aromatic heterocycles. The third-order valence-electron chi connectivity index (χ3n) is 2.28. The van der Waals surface area contributed by atoms with Crippen LogP contribution in [0.4, 0.5) is 21.5 Å². The molecule has 0 aliphatic heterocycles. The van der Waals surface area contributed by atoms with Gasteiger partial charge in [-0.3, -0.25) is 0 Å². The predicted molar refractivity (Wildman–Crippen MR) is 83.3 cm³/mol. The van der Waals surface area contributed by atoms with E-state index in [-0.39, 0.29) is 10.0 Å². The number of nitrogens with two attached hydrogens (primary N) is 1. The zero-order valence-corrected chi connectivity index (χ0v) is 12.6. The second kappa shape index (κ2) is 5.50. The molecular weight excluding hydrogens is 389 g/mol. The van der Waals surface area contributed by atoms with E-state index in [9.17, 15) is 4.39 Å². The topological polar surface area (TPSA) is 38.0 Å². The largest absolute Gasteiger partial charge is 0.397 e. The predicted octanol–water partition coefficient (Wildman–Crippen LogP) is 5.06. The maximum atomic E-state index is 13.3. The molecule has 3 N–H and O–H groups in total. The van der Waals surface area contributed by atoms with Crippen molar-refractivity contribution in [3.8, 4) is 0 Å². The second-order valence-electron chi connectivity index (χ2n) is 3.61. The molecule has 0 amide bonds. The van der Waals surface area contributed by atoms with Crippen molar-refractivity contribution in [1.29, 1.82) is 0 Å². The molecule has 2 aromatic rings. The fraction of sp³-hybridized carbons (Fsp3) is 0. The summed E-state index contributed by atoms with van der Waals surface area (Å²) in [6.07, 6.45) is 0. The Morgan fingerprint density at radius 1 is 1.11 bits per heavy atom. The summed E-state index contributed by atoms with van der Waals surface area (Å²) in [5.41, 5.74) is 7.76. The van der Waals surface area contributed by atoms with Crippen molar-refractivity contribution >= 4 is 62.9 Å². The van der Waals surface area contributed by atoms with Crippen LogP contribution in [-0.4, -0.2) is 0 Å². The third-order valence-corrected chi connectivity index (χ3v) is 3.50. The van der Waals surface area contributed by atoms with E-state index in [1.807, 2.05) is 18.2 Å². The Labute approximate surface area is 127 Å². The quantitative estimate of drug-likeness (QED) is 0.423. The molecule has 2 rings (SSSR count). The molecule has 94 valence electrons. The van der Waals surface area contributed by atoms with Crippen LogP contribution in [0.25, 0.3) is 0 Å². The number of hydrogen-bond donors (Lipinski definition) is 2. The van der Waals surface area contributed by atoms with Crippen LogP contribution >= 0.6 is 45.8 Å². The molecule has 2 aromatic carbocycles. The highest BCUT2D eigenvalue weighted by molar-refractivity contribution is 14.1. The summed E-state index contributed by atoms with van der Waals surface area (Å²) in [4.78, 5) is 0. The summed E-state index contributed by atoms with van der Waals surface area (Å²) in [6, 6.07) is 8.49. The van der Waals surface area contributed by atoms with E-state index in [1.165, 1.54) is 12.1 Å². The van der Waals surface area contributed by atoms with E-state index in [1.54, 1.807) is 0 Å². The van der Waals surface area contributed by atoms with Crippen molar-refractivity contribution in [3.63, 3.8) is 0 Å². The minimum Gasteiger partial charge on any atom is -0.397 e. The van der Waals surface area contributed by atoms with Gasteiger partial charge in [-0.1, -0.05) is 23.2 Å². The molecule has 0 unspecified atom stereocenters. The lowest BCUT2D eigenvalue weighted by Crippen LogP contribution is -1.97. The molecule has 0 fully saturated rings. The maximum absolute atomic E-state index is 13.3. The first kappa shape index (κ1) is 13.7. The smallest absolute Gasteiger partial charge is 0.160 e. The van der Waals surface area contributed by atoms with Gasteiger partial charge in [-0.25, -0.2) is 4.39 Å². The average molecular weight is 397 g/mol. The molecule has 0 aliphatic rings. The highest BCUT2D eigenvalue weighted by atomic mass is 127. The number of nitrogen functional groups attached to an aromatic ring is 1. The number of nitrogens with one attached hydrogen (secondary N) is 1. The van der Waals surface area contributed by atoms with Gasteiger partial charge >= 0.3 is 0 Å². The first-order valence-corrected chi connectivity index (χ1v) is 6.77. The van der Waals surface area contributed by atoms with Crippen LogP contribution in [0.2, 0.25) is 10.0 Å². The Morgan fingerprint density at radius 2 is 1.72 bits per heavy atom. The summed E-state index contributed by atoms with van der Waals surface area (Å²) in [5, 5.41) is 2.98. The lowest BCUT2D eigenvalue weighted by Gasteiger charge is -2.11. The van der Waals surface area contributed by atoms with Crippen molar-refractivity contribution < 1.29 is 4.39 Å². The summed E-state index contributed by atoms with van der Waals surface area (Å²) in [7, 11) is 0. The van der Waals surface area contributed by atoms with E-state index in [0.29, 0.717) is 17.1 Å². The standard InChI is InChI=1S/C12H8Cl2FIN2/c13-8-4-7(5-9(14)12(8)15)18-11-2-1-6(16)3-10(11)17/h1-5,18H,17H2. The average Bonchev–Trinajstić information content (AvgIpc) is 2.29. The Hall–Kier alpha value is -0.720. The first-order valence-electron chi connectivity index (χ1n) is 4.94. The van der Waals surface area contributed by atoms with E-state index in [2.05, 4.69) is 27.9 Å². The zero-order valence-electron chi connectivity index (χ0n) is 8.98.